The first-order valence-corrected chi connectivity index (χ1v) is 5.85. The van der Waals surface area contributed by atoms with Crippen molar-refractivity contribution in [2.75, 3.05) is 19.3 Å². The molecule has 10 heavy (non-hydrogen) atoms. The summed E-state index contributed by atoms with van der Waals surface area (Å²) in [5, 5.41) is 0. The predicted octanol–water partition coefficient (Wildman–Crippen LogP) is 2.05. The fraction of sp³-hybridized carbons (Fsp3) is 1.00. The lowest BCUT2D eigenvalue weighted by Gasteiger charge is -2.31. The zero-order chi connectivity index (χ0) is 7.40. The second-order valence-electron chi connectivity index (χ2n) is 2.93. The molecule has 1 fully saturated rings. The van der Waals surface area contributed by atoms with Crippen LogP contribution in [0, 0.1) is 0 Å². The Kier molecular flexibility index (Phi) is 3.96. The van der Waals surface area contributed by atoms with Crippen LogP contribution in [-0.2, 0) is 0 Å². The van der Waals surface area contributed by atoms with E-state index in [2.05, 4.69) is 23.6 Å². The molecule has 0 aliphatic carbocycles. The largest absolute Gasteiger partial charge is 0.303 e. The van der Waals surface area contributed by atoms with Crippen LogP contribution in [0.25, 0.3) is 0 Å². The summed E-state index contributed by atoms with van der Waals surface area (Å²) >= 11 is 4.16. The maximum Gasteiger partial charge on any atom is 0.0191 e. The van der Waals surface area contributed by atoms with Crippen molar-refractivity contribution in [2.24, 2.45) is 0 Å². The monoisotopic (exact) mass is 177 g/mol. The van der Waals surface area contributed by atoms with Crippen molar-refractivity contribution >= 4 is 22.5 Å². The van der Waals surface area contributed by atoms with Crippen LogP contribution < -0.4 is 0 Å². The molecule has 1 atom stereocenters. The molecule has 0 radical (unpaired) electrons. The van der Waals surface area contributed by atoms with E-state index in [0.717, 1.165) is 6.04 Å². The topological polar surface area (TPSA) is 3.24 Å². The van der Waals surface area contributed by atoms with Gasteiger partial charge >= 0.3 is 0 Å². The van der Waals surface area contributed by atoms with Gasteiger partial charge in [0, 0.05) is 11.8 Å². The van der Waals surface area contributed by atoms with E-state index in [1.807, 2.05) is 0 Å². The lowest BCUT2D eigenvalue weighted by atomic mass is 10.1. The highest BCUT2D eigenvalue weighted by molar-refractivity contribution is 8.68. The van der Waals surface area contributed by atoms with Gasteiger partial charge in [-0.15, -0.1) is 11.7 Å². The number of nitrogens with zero attached hydrogens (tertiary/aromatic N) is 1. The van der Waals surface area contributed by atoms with Gasteiger partial charge in [0.1, 0.15) is 0 Å². The second-order valence-corrected chi connectivity index (χ2v) is 4.29. The number of likely N-dealkylation sites (tertiary alicyclic amines) is 1. The summed E-state index contributed by atoms with van der Waals surface area (Å²) in [6.45, 7) is 1.28. The van der Waals surface area contributed by atoms with Crippen LogP contribution in [0.4, 0.5) is 0 Å². The molecule has 1 aliphatic rings. The standard InChI is InChI=1S/C7H15NS2/c1-8-5-3-2-4-7(8)6-10-9/h7,9H,2-6H2,1H3. The number of rotatable bonds is 2. The first-order valence-electron chi connectivity index (χ1n) is 3.81. The molecule has 1 nitrogen and oxygen atoms in total. The van der Waals surface area contributed by atoms with E-state index < -0.39 is 0 Å². The fourth-order valence-electron chi connectivity index (χ4n) is 1.44. The van der Waals surface area contributed by atoms with Gasteiger partial charge in [-0.2, -0.15) is 0 Å². The van der Waals surface area contributed by atoms with Gasteiger partial charge in [0.25, 0.3) is 0 Å². The van der Waals surface area contributed by atoms with E-state index in [4.69, 9.17) is 0 Å². The Hall–Kier alpha value is 0.660. The molecule has 0 N–H and O–H groups in total. The molecule has 0 amide bonds. The lowest BCUT2D eigenvalue weighted by molar-refractivity contribution is 0.204. The number of hydrogen-bond donors (Lipinski definition) is 1. The SMILES string of the molecule is CN1CCCCC1CSS. The van der Waals surface area contributed by atoms with E-state index in [0.29, 0.717) is 0 Å². The van der Waals surface area contributed by atoms with Gasteiger partial charge in [0.05, 0.1) is 0 Å². The summed E-state index contributed by atoms with van der Waals surface area (Å²) in [5.74, 6) is 1.18. The molecular weight excluding hydrogens is 162 g/mol. The zero-order valence-corrected chi connectivity index (χ0v) is 8.13. The van der Waals surface area contributed by atoms with E-state index in [9.17, 15) is 0 Å². The molecule has 0 spiro atoms. The Morgan fingerprint density at radius 2 is 2.40 bits per heavy atom. The number of hydrogen-bond acceptors (Lipinski definition) is 3. The van der Waals surface area contributed by atoms with Crippen LogP contribution in [0.15, 0.2) is 0 Å². The van der Waals surface area contributed by atoms with Crippen molar-refractivity contribution in [3.8, 4) is 0 Å². The van der Waals surface area contributed by atoms with Gasteiger partial charge < -0.3 is 4.90 Å². The van der Waals surface area contributed by atoms with Crippen LogP contribution in [-0.4, -0.2) is 30.3 Å². The maximum absolute atomic E-state index is 4.16. The Morgan fingerprint density at radius 3 is 3.00 bits per heavy atom. The number of thiol groups is 1. The number of piperidine rings is 1. The summed E-state index contributed by atoms with van der Waals surface area (Å²) < 4.78 is 0. The molecule has 1 aliphatic heterocycles. The van der Waals surface area contributed by atoms with E-state index in [-0.39, 0.29) is 0 Å². The van der Waals surface area contributed by atoms with Gasteiger partial charge in [-0.05, 0) is 26.4 Å². The molecule has 60 valence electrons. The maximum atomic E-state index is 4.16. The molecule has 1 heterocycles. The van der Waals surface area contributed by atoms with Gasteiger partial charge in [-0.3, -0.25) is 0 Å². The van der Waals surface area contributed by atoms with E-state index in [1.54, 1.807) is 10.8 Å². The highest BCUT2D eigenvalue weighted by Crippen LogP contribution is 2.19. The van der Waals surface area contributed by atoms with E-state index >= 15 is 0 Å². The lowest BCUT2D eigenvalue weighted by Crippen LogP contribution is -2.37. The minimum absolute atomic E-state index is 0.788. The summed E-state index contributed by atoms with van der Waals surface area (Å²) in [6.07, 6.45) is 4.15. The molecule has 0 aromatic carbocycles. The smallest absolute Gasteiger partial charge is 0.0191 e. The Bertz CT molecular complexity index is 95.6. The molecule has 0 aromatic rings. The van der Waals surface area contributed by atoms with Gasteiger partial charge in [-0.25, -0.2) is 0 Å². The third-order valence-electron chi connectivity index (χ3n) is 2.19. The summed E-state index contributed by atoms with van der Waals surface area (Å²) in [4.78, 5) is 2.45. The molecule has 3 heteroatoms. The minimum Gasteiger partial charge on any atom is -0.303 e. The Labute approximate surface area is 72.4 Å². The quantitative estimate of drug-likeness (QED) is 0.508. The van der Waals surface area contributed by atoms with Crippen LogP contribution in [0.2, 0.25) is 0 Å². The summed E-state index contributed by atoms with van der Waals surface area (Å²) in [7, 11) is 3.88. The average Bonchev–Trinajstić information content (AvgIpc) is 1.94. The molecule has 0 saturated carbocycles. The van der Waals surface area contributed by atoms with Crippen molar-refractivity contribution in [3.63, 3.8) is 0 Å². The normalized spacial score (nSPS) is 28.8. The molecule has 1 rings (SSSR count). The predicted molar refractivity (Wildman–Crippen MR) is 51.7 cm³/mol. The van der Waals surface area contributed by atoms with Gasteiger partial charge in [0.15, 0.2) is 0 Å². The van der Waals surface area contributed by atoms with Crippen molar-refractivity contribution in [1.82, 2.24) is 4.90 Å². The summed E-state index contributed by atoms with van der Waals surface area (Å²) in [6, 6.07) is 0.788. The Morgan fingerprint density at radius 1 is 1.60 bits per heavy atom. The highest BCUT2D eigenvalue weighted by Gasteiger charge is 2.17. The molecule has 1 unspecified atom stereocenters. The van der Waals surface area contributed by atoms with Gasteiger partial charge in [0.2, 0.25) is 0 Å². The second kappa shape index (κ2) is 4.52. The molecular formula is C7H15NS2. The van der Waals surface area contributed by atoms with Crippen molar-refractivity contribution in [1.29, 1.82) is 0 Å². The first kappa shape index (κ1) is 8.75. The van der Waals surface area contributed by atoms with Crippen molar-refractivity contribution < 1.29 is 0 Å². The molecule has 0 aromatic heterocycles. The molecule has 1 saturated heterocycles. The minimum atomic E-state index is 0.788. The van der Waals surface area contributed by atoms with Crippen LogP contribution in [0.5, 0.6) is 0 Å². The van der Waals surface area contributed by atoms with Crippen LogP contribution in [0.3, 0.4) is 0 Å². The highest BCUT2D eigenvalue weighted by atomic mass is 33.1. The third kappa shape index (κ3) is 2.36. The van der Waals surface area contributed by atoms with Crippen molar-refractivity contribution in [2.45, 2.75) is 25.3 Å². The molecule has 0 bridgehead atoms. The van der Waals surface area contributed by atoms with Crippen LogP contribution in [0.1, 0.15) is 19.3 Å². The zero-order valence-electron chi connectivity index (χ0n) is 6.42. The summed E-state index contributed by atoms with van der Waals surface area (Å²) in [5.41, 5.74) is 0. The van der Waals surface area contributed by atoms with Crippen molar-refractivity contribution in [3.05, 3.63) is 0 Å². The third-order valence-corrected chi connectivity index (χ3v) is 3.17. The fourth-order valence-corrected chi connectivity index (χ4v) is 2.55. The van der Waals surface area contributed by atoms with Gasteiger partial charge in [-0.1, -0.05) is 17.2 Å². The Balaban J connectivity index is 2.25. The average molecular weight is 177 g/mol. The van der Waals surface area contributed by atoms with E-state index in [1.165, 1.54) is 31.6 Å². The first-order chi connectivity index (χ1) is 4.84. The van der Waals surface area contributed by atoms with Crippen LogP contribution >= 0.6 is 22.5 Å².